The number of aliphatic imine (C=N–C) groups is 1. The van der Waals surface area contributed by atoms with Gasteiger partial charge in [-0.25, -0.2) is 4.99 Å². The number of carbonyl (C=O) groups is 1. The first-order valence-electron chi connectivity index (χ1n) is 8.55. The first-order valence-corrected chi connectivity index (χ1v) is 10.9. The third-order valence-corrected chi connectivity index (χ3v) is 6.28. The highest BCUT2D eigenvalue weighted by molar-refractivity contribution is 8.18. The number of halogens is 2. The molecular weight excluding hydrogens is 447 g/mol. The number of aryl methyl sites for hydroxylation is 1. The minimum atomic E-state index is -0.211. The lowest BCUT2D eigenvalue weighted by atomic mass is 10.2. The molecule has 2 aromatic carbocycles. The van der Waals surface area contributed by atoms with Gasteiger partial charge in [-0.3, -0.25) is 4.79 Å². The molecule has 0 unspecified atom stereocenters. The molecule has 1 N–H and O–H groups in total. The Labute approximate surface area is 186 Å². The standard InChI is InChI=1S/C21H14Cl2N2O2S2/c1-12-2-3-14(23)10-17(12)24-21-25-20(26)18(29-21)11-15-6-9-19(27-15)28-16-7-4-13(22)5-8-16/h2-11H,1H3,(H,24,25,26). The van der Waals surface area contributed by atoms with Crippen LogP contribution < -0.4 is 5.32 Å². The molecule has 1 aliphatic heterocycles. The number of hydrogen-bond donors (Lipinski definition) is 1. The highest BCUT2D eigenvalue weighted by atomic mass is 35.5. The van der Waals surface area contributed by atoms with E-state index in [1.807, 2.05) is 55.5 Å². The van der Waals surface area contributed by atoms with Gasteiger partial charge in [0.15, 0.2) is 10.3 Å². The summed E-state index contributed by atoms with van der Waals surface area (Å²) in [7, 11) is 0. The van der Waals surface area contributed by atoms with Crippen LogP contribution in [-0.2, 0) is 4.79 Å². The molecule has 3 aromatic rings. The molecule has 0 spiro atoms. The first kappa shape index (κ1) is 20.2. The van der Waals surface area contributed by atoms with Crippen molar-refractivity contribution < 1.29 is 9.21 Å². The lowest BCUT2D eigenvalue weighted by Gasteiger charge is -2.01. The number of benzene rings is 2. The summed E-state index contributed by atoms with van der Waals surface area (Å²) in [6, 6.07) is 16.7. The van der Waals surface area contributed by atoms with Crippen LogP contribution >= 0.6 is 46.7 Å². The van der Waals surface area contributed by atoms with Gasteiger partial charge in [-0.2, -0.15) is 0 Å². The molecule has 1 amide bonds. The van der Waals surface area contributed by atoms with Gasteiger partial charge in [-0.05, 0) is 72.8 Å². The number of amides is 1. The van der Waals surface area contributed by atoms with E-state index in [4.69, 9.17) is 27.6 Å². The highest BCUT2D eigenvalue weighted by Gasteiger charge is 2.24. The Balaban J connectivity index is 1.49. The fourth-order valence-electron chi connectivity index (χ4n) is 2.51. The average Bonchev–Trinajstić information content (AvgIpc) is 3.27. The summed E-state index contributed by atoms with van der Waals surface area (Å²) in [6.45, 7) is 1.94. The van der Waals surface area contributed by atoms with Crippen LogP contribution in [-0.4, -0.2) is 11.1 Å². The smallest absolute Gasteiger partial charge is 0.264 e. The van der Waals surface area contributed by atoms with E-state index in [1.54, 1.807) is 12.1 Å². The van der Waals surface area contributed by atoms with Crippen molar-refractivity contribution in [2.75, 3.05) is 0 Å². The van der Waals surface area contributed by atoms with Crippen LogP contribution in [0.4, 0.5) is 5.69 Å². The third kappa shape index (κ3) is 5.08. The number of amidine groups is 1. The fraction of sp³-hybridized carbons (Fsp3) is 0.0476. The van der Waals surface area contributed by atoms with Gasteiger partial charge in [0.05, 0.1) is 10.6 Å². The van der Waals surface area contributed by atoms with Crippen LogP contribution in [0.5, 0.6) is 0 Å². The molecule has 0 aliphatic carbocycles. The minimum absolute atomic E-state index is 0.211. The van der Waals surface area contributed by atoms with Crippen LogP contribution in [0.3, 0.4) is 0 Å². The summed E-state index contributed by atoms with van der Waals surface area (Å²) in [5, 5.41) is 5.30. The Hall–Kier alpha value is -2.12. The van der Waals surface area contributed by atoms with Crippen molar-refractivity contribution in [1.29, 1.82) is 0 Å². The van der Waals surface area contributed by atoms with Gasteiger partial charge in [0, 0.05) is 21.0 Å². The second-order valence-corrected chi connectivity index (χ2v) is 9.11. The van der Waals surface area contributed by atoms with E-state index in [1.165, 1.54) is 23.5 Å². The molecule has 0 radical (unpaired) electrons. The molecule has 1 saturated heterocycles. The third-order valence-electron chi connectivity index (χ3n) is 3.95. The van der Waals surface area contributed by atoms with Crippen LogP contribution in [0, 0.1) is 6.92 Å². The topological polar surface area (TPSA) is 54.6 Å². The summed E-state index contributed by atoms with van der Waals surface area (Å²) < 4.78 is 5.82. The second kappa shape index (κ2) is 8.71. The van der Waals surface area contributed by atoms with Crippen molar-refractivity contribution in [1.82, 2.24) is 5.32 Å². The number of nitrogens with one attached hydrogen (secondary N) is 1. The average molecular weight is 461 g/mol. The monoisotopic (exact) mass is 460 g/mol. The largest absolute Gasteiger partial charge is 0.450 e. The van der Waals surface area contributed by atoms with E-state index in [2.05, 4.69) is 10.3 Å². The van der Waals surface area contributed by atoms with Crippen molar-refractivity contribution in [2.45, 2.75) is 16.9 Å². The molecule has 8 heteroatoms. The molecular formula is C21H14Cl2N2O2S2. The van der Waals surface area contributed by atoms with Crippen LogP contribution in [0.15, 0.2) is 78.9 Å². The first-order chi connectivity index (χ1) is 14.0. The zero-order valence-corrected chi connectivity index (χ0v) is 18.3. The number of furan rings is 1. The van der Waals surface area contributed by atoms with E-state index in [9.17, 15) is 4.79 Å². The molecule has 0 saturated carbocycles. The second-order valence-electron chi connectivity index (χ2n) is 6.13. The number of thioether (sulfide) groups is 1. The SMILES string of the molecule is Cc1ccc(Cl)cc1N=C1NC(=O)C(=Cc2ccc(Sc3ccc(Cl)cc3)o2)S1. The Morgan fingerprint density at radius 2 is 1.83 bits per heavy atom. The molecule has 2 heterocycles. The summed E-state index contributed by atoms with van der Waals surface area (Å²) in [6.07, 6.45) is 1.71. The van der Waals surface area contributed by atoms with Gasteiger partial charge in [-0.1, -0.05) is 41.0 Å². The molecule has 1 aliphatic rings. The number of carbonyl (C=O) groups excluding carboxylic acids is 1. The summed E-state index contributed by atoms with van der Waals surface area (Å²) in [5.41, 5.74) is 1.70. The van der Waals surface area contributed by atoms with Gasteiger partial charge in [0.1, 0.15) is 5.76 Å². The Morgan fingerprint density at radius 3 is 2.62 bits per heavy atom. The van der Waals surface area contributed by atoms with E-state index in [-0.39, 0.29) is 5.91 Å². The Bertz CT molecular complexity index is 1140. The van der Waals surface area contributed by atoms with Gasteiger partial charge in [-0.15, -0.1) is 0 Å². The Morgan fingerprint density at radius 1 is 1.07 bits per heavy atom. The molecule has 1 aromatic heterocycles. The molecule has 0 bridgehead atoms. The van der Waals surface area contributed by atoms with Gasteiger partial charge >= 0.3 is 0 Å². The molecule has 4 rings (SSSR count). The quantitative estimate of drug-likeness (QED) is 0.428. The molecule has 1 fully saturated rings. The van der Waals surface area contributed by atoms with Crippen LogP contribution in [0.2, 0.25) is 10.0 Å². The van der Waals surface area contributed by atoms with Gasteiger partial charge in [0.2, 0.25) is 0 Å². The maximum atomic E-state index is 12.3. The van der Waals surface area contributed by atoms with Crippen molar-refractivity contribution in [3.05, 3.63) is 80.9 Å². The molecule has 4 nitrogen and oxygen atoms in total. The van der Waals surface area contributed by atoms with Crippen molar-refractivity contribution >= 4 is 69.6 Å². The molecule has 146 valence electrons. The maximum Gasteiger partial charge on any atom is 0.264 e. The van der Waals surface area contributed by atoms with E-state index >= 15 is 0 Å². The van der Waals surface area contributed by atoms with Crippen molar-refractivity contribution in [3.8, 4) is 0 Å². The van der Waals surface area contributed by atoms with E-state index in [0.29, 0.717) is 25.9 Å². The van der Waals surface area contributed by atoms with Crippen LogP contribution in [0.1, 0.15) is 11.3 Å². The predicted octanol–water partition coefficient (Wildman–Crippen LogP) is 6.94. The normalized spacial score (nSPS) is 16.6. The fourth-order valence-corrected chi connectivity index (χ4v) is 4.39. The lowest BCUT2D eigenvalue weighted by molar-refractivity contribution is -0.115. The number of hydrogen-bond acceptors (Lipinski definition) is 5. The van der Waals surface area contributed by atoms with E-state index < -0.39 is 0 Å². The van der Waals surface area contributed by atoms with Gasteiger partial charge < -0.3 is 9.73 Å². The van der Waals surface area contributed by atoms with Crippen molar-refractivity contribution in [3.63, 3.8) is 0 Å². The summed E-state index contributed by atoms with van der Waals surface area (Å²) in [5.74, 6) is 0.385. The number of rotatable bonds is 4. The zero-order valence-electron chi connectivity index (χ0n) is 15.1. The predicted molar refractivity (Wildman–Crippen MR) is 121 cm³/mol. The lowest BCUT2D eigenvalue weighted by Crippen LogP contribution is -2.19. The molecule has 0 atom stereocenters. The maximum absolute atomic E-state index is 12.3. The van der Waals surface area contributed by atoms with E-state index in [0.717, 1.165) is 21.2 Å². The van der Waals surface area contributed by atoms with Gasteiger partial charge in [0.25, 0.3) is 5.91 Å². The van der Waals surface area contributed by atoms with Crippen LogP contribution in [0.25, 0.3) is 6.08 Å². The summed E-state index contributed by atoms with van der Waals surface area (Å²) in [4.78, 5) is 18.3. The zero-order chi connectivity index (χ0) is 20.4. The highest BCUT2D eigenvalue weighted by Crippen LogP contribution is 2.33. The number of nitrogens with zero attached hydrogens (tertiary/aromatic N) is 1. The summed E-state index contributed by atoms with van der Waals surface area (Å²) >= 11 is 14.7. The Kier molecular flexibility index (Phi) is 6.06. The molecule has 29 heavy (non-hydrogen) atoms. The van der Waals surface area contributed by atoms with Crippen molar-refractivity contribution in [2.24, 2.45) is 4.99 Å². The minimum Gasteiger partial charge on any atom is -0.450 e.